The molecule has 0 aliphatic rings. The van der Waals surface area contributed by atoms with E-state index in [1.807, 2.05) is 12.1 Å². The van der Waals surface area contributed by atoms with Crippen molar-refractivity contribution in [3.8, 4) is 0 Å². The van der Waals surface area contributed by atoms with Gasteiger partial charge in [-0.15, -0.1) is 0 Å². The lowest BCUT2D eigenvalue weighted by Gasteiger charge is -2.08. The van der Waals surface area contributed by atoms with Crippen LogP contribution in [0.1, 0.15) is 10.5 Å². The highest BCUT2D eigenvalue weighted by Crippen LogP contribution is 2.18. The highest BCUT2D eigenvalue weighted by molar-refractivity contribution is 6.30. The fourth-order valence-electron chi connectivity index (χ4n) is 2.03. The Balaban J connectivity index is 1.66. The third-order valence-electron chi connectivity index (χ3n) is 3.23. The van der Waals surface area contributed by atoms with Crippen molar-refractivity contribution in [2.24, 2.45) is 0 Å². The molecule has 1 heterocycles. The molecule has 1 aromatic heterocycles. The number of aromatic nitrogens is 1. The first-order valence-electron chi connectivity index (χ1n) is 7.16. The Morgan fingerprint density at radius 2 is 1.50 bits per heavy atom. The number of amides is 1. The fourth-order valence-corrected chi connectivity index (χ4v) is 2.16. The number of nitrogens with zero attached hydrogens (tertiary/aromatic N) is 1. The summed E-state index contributed by atoms with van der Waals surface area (Å²) in [5, 5.41) is 6.48. The molecule has 120 valence electrons. The number of hydrogen-bond acceptors (Lipinski definition) is 3. The summed E-state index contributed by atoms with van der Waals surface area (Å²) in [5.74, 6) is -0.719. The molecule has 2 N–H and O–H groups in total. The van der Waals surface area contributed by atoms with E-state index in [1.165, 1.54) is 24.3 Å². The number of carbonyl (C=O) groups is 1. The zero-order valence-electron chi connectivity index (χ0n) is 12.5. The van der Waals surface area contributed by atoms with Crippen LogP contribution in [-0.2, 0) is 0 Å². The third kappa shape index (κ3) is 4.08. The molecule has 0 spiro atoms. The highest BCUT2D eigenvalue weighted by atomic mass is 35.5. The van der Waals surface area contributed by atoms with Gasteiger partial charge < -0.3 is 10.6 Å². The predicted octanol–water partition coefficient (Wildman–Crippen LogP) is 4.87. The maximum atomic E-state index is 12.9. The van der Waals surface area contributed by atoms with Gasteiger partial charge in [0.1, 0.15) is 11.5 Å². The third-order valence-corrected chi connectivity index (χ3v) is 3.48. The number of pyridine rings is 1. The van der Waals surface area contributed by atoms with Crippen molar-refractivity contribution in [2.45, 2.75) is 0 Å². The van der Waals surface area contributed by atoms with Gasteiger partial charge in [-0.3, -0.25) is 4.79 Å². The van der Waals surface area contributed by atoms with E-state index in [-0.39, 0.29) is 17.4 Å². The Hall–Kier alpha value is -2.92. The summed E-state index contributed by atoms with van der Waals surface area (Å²) < 4.78 is 12.9. The molecule has 0 aliphatic carbocycles. The second-order valence-corrected chi connectivity index (χ2v) is 5.46. The fraction of sp³-hybridized carbons (Fsp3) is 0. The van der Waals surface area contributed by atoms with Gasteiger partial charge in [0.25, 0.3) is 5.91 Å². The molecule has 4 nitrogen and oxygen atoms in total. The zero-order valence-corrected chi connectivity index (χ0v) is 13.2. The maximum absolute atomic E-state index is 12.9. The molecule has 0 saturated heterocycles. The Kier molecular flexibility index (Phi) is 4.72. The Morgan fingerprint density at radius 3 is 2.12 bits per heavy atom. The van der Waals surface area contributed by atoms with E-state index in [4.69, 9.17) is 11.6 Å². The number of rotatable bonds is 4. The molecule has 0 aliphatic heterocycles. The average Bonchev–Trinajstić information content (AvgIpc) is 2.59. The van der Waals surface area contributed by atoms with Gasteiger partial charge in [-0.05, 0) is 60.7 Å². The molecule has 0 radical (unpaired) electrons. The predicted molar refractivity (Wildman–Crippen MR) is 93.3 cm³/mol. The van der Waals surface area contributed by atoms with Crippen LogP contribution in [-0.4, -0.2) is 10.9 Å². The van der Waals surface area contributed by atoms with E-state index in [9.17, 15) is 9.18 Å². The van der Waals surface area contributed by atoms with E-state index in [0.717, 1.165) is 11.4 Å². The number of hydrogen-bond donors (Lipinski definition) is 2. The first kappa shape index (κ1) is 16.0. The second kappa shape index (κ2) is 7.10. The number of halogens is 2. The van der Waals surface area contributed by atoms with Crippen LogP contribution in [0, 0.1) is 5.82 Å². The number of carbonyl (C=O) groups excluding carboxylic acids is 1. The van der Waals surface area contributed by atoms with Crippen molar-refractivity contribution in [3.05, 3.63) is 83.4 Å². The monoisotopic (exact) mass is 341 g/mol. The van der Waals surface area contributed by atoms with Gasteiger partial charge in [0.15, 0.2) is 0 Å². The van der Waals surface area contributed by atoms with E-state index in [1.54, 1.807) is 30.5 Å². The van der Waals surface area contributed by atoms with Crippen molar-refractivity contribution < 1.29 is 9.18 Å². The van der Waals surface area contributed by atoms with Crippen molar-refractivity contribution in [1.82, 2.24) is 4.98 Å². The second-order valence-electron chi connectivity index (χ2n) is 5.03. The molecule has 0 saturated carbocycles. The topological polar surface area (TPSA) is 54.0 Å². The van der Waals surface area contributed by atoms with Crippen molar-refractivity contribution in [1.29, 1.82) is 0 Å². The van der Waals surface area contributed by atoms with Crippen LogP contribution in [0.2, 0.25) is 5.02 Å². The zero-order chi connectivity index (χ0) is 16.9. The van der Waals surface area contributed by atoms with Crippen LogP contribution in [0.4, 0.5) is 21.5 Å². The van der Waals surface area contributed by atoms with Crippen LogP contribution < -0.4 is 10.6 Å². The molecule has 0 bridgehead atoms. The number of benzene rings is 2. The molecule has 0 fully saturated rings. The Morgan fingerprint density at radius 1 is 0.875 bits per heavy atom. The highest BCUT2D eigenvalue weighted by Gasteiger charge is 2.08. The van der Waals surface area contributed by atoms with E-state index in [0.29, 0.717) is 10.7 Å². The first-order chi connectivity index (χ1) is 11.6. The minimum absolute atomic E-state index is 0.265. The van der Waals surface area contributed by atoms with Gasteiger partial charge >= 0.3 is 0 Å². The summed E-state index contributed by atoms with van der Waals surface area (Å²) in [6.07, 6.45) is 1.56. The molecule has 3 aromatic rings. The summed E-state index contributed by atoms with van der Waals surface area (Å²) in [4.78, 5) is 16.2. The lowest BCUT2D eigenvalue weighted by atomic mass is 10.2. The van der Waals surface area contributed by atoms with Crippen LogP contribution in [0.5, 0.6) is 0 Å². The standard InChI is InChI=1S/C18H13ClFN3O/c19-12-1-5-14(6-2-12)22-16-9-10-17(21-11-16)18(24)23-15-7-3-13(20)4-8-15/h1-11,22H,(H,23,24). The van der Waals surface area contributed by atoms with Gasteiger partial charge in [-0.2, -0.15) is 0 Å². The molecular formula is C18H13ClFN3O. The number of nitrogens with one attached hydrogen (secondary N) is 2. The summed E-state index contributed by atoms with van der Waals surface area (Å²) in [6, 6.07) is 16.1. The van der Waals surface area contributed by atoms with Crippen LogP contribution in [0.3, 0.4) is 0 Å². The van der Waals surface area contributed by atoms with Crippen molar-refractivity contribution in [3.63, 3.8) is 0 Å². The lowest BCUT2D eigenvalue weighted by Crippen LogP contribution is -2.13. The molecular weight excluding hydrogens is 329 g/mol. The Bertz CT molecular complexity index is 834. The lowest BCUT2D eigenvalue weighted by molar-refractivity contribution is 0.102. The van der Waals surface area contributed by atoms with Crippen molar-refractivity contribution in [2.75, 3.05) is 10.6 Å². The largest absolute Gasteiger partial charge is 0.354 e. The summed E-state index contributed by atoms with van der Waals surface area (Å²) in [6.45, 7) is 0. The van der Waals surface area contributed by atoms with Gasteiger partial charge in [-0.1, -0.05) is 11.6 Å². The van der Waals surface area contributed by atoms with Gasteiger partial charge in [0.2, 0.25) is 0 Å². The van der Waals surface area contributed by atoms with Crippen LogP contribution >= 0.6 is 11.6 Å². The summed E-state index contributed by atoms with van der Waals surface area (Å²) in [7, 11) is 0. The quantitative estimate of drug-likeness (QED) is 0.711. The molecule has 24 heavy (non-hydrogen) atoms. The molecule has 2 aromatic carbocycles. The SMILES string of the molecule is O=C(Nc1ccc(F)cc1)c1ccc(Nc2ccc(Cl)cc2)cn1. The van der Waals surface area contributed by atoms with E-state index in [2.05, 4.69) is 15.6 Å². The summed E-state index contributed by atoms with van der Waals surface area (Å²) >= 11 is 5.84. The molecule has 6 heteroatoms. The molecule has 1 amide bonds. The van der Waals surface area contributed by atoms with Crippen molar-refractivity contribution >= 4 is 34.6 Å². The molecule has 3 rings (SSSR count). The van der Waals surface area contributed by atoms with Gasteiger partial charge in [0.05, 0.1) is 11.9 Å². The van der Waals surface area contributed by atoms with E-state index >= 15 is 0 Å². The normalized spacial score (nSPS) is 10.2. The van der Waals surface area contributed by atoms with Crippen LogP contribution in [0.15, 0.2) is 66.9 Å². The molecule has 0 atom stereocenters. The van der Waals surface area contributed by atoms with Gasteiger partial charge in [0, 0.05) is 16.4 Å². The molecule has 0 unspecified atom stereocenters. The minimum Gasteiger partial charge on any atom is -0.354 e. The summed E-state index contributed by atoms with van der Waals surface area (Å²) in [5.41, 5.74) is 2.38. The van der Waals surface area contributed by atoms with Crippen LogP contribution in [0.25, 0.3) is 0 Å². The smallest absolute Gasteiger partial charge is 0.274 e. The van der Waals surface area contributed by atoms with E-state index < -0.39 is 0 Å². The Labute approximate surface area is 143 Å². The average molecular weight is 342 g/mol. The number of anilines is 3. The minimum atomic E-state index is -0.361. The maximum Gasteiger partial charge on any atom is 0.274 e. The first-order valence-corrected chi connectivity index (χ1v) is 7.53. The van der Waals surface area contributed by atoms with Gasteiger partial charge in [-0.25, -0.2) is 9.37 Å².